The molecule has 0 bridgehead atoms. The molecule has 0 fully saturated rings. The maximum atomic E-state index is 13.5. The van der Waals surface area contributed by atoms with Gasteiger partial charge in [0.2, 0.25) is 19.7 Å². The molecule has 0 radical (unpaired) electrons. The van der Waals surface area contributed by atoms with Crippen LogP contribution in [0.25, 0.3) is 0 Å². The summed E-state index contributed by atoms with van der Waals surface area (Å²) in [6.07, 6.45) is 13.2. The lowest BCUT2D eigenvalue weighted by Crippen LogP contribution is -2.23. The molecule has 0 amide bonds. The van der Waals surface area contributed by atoms with Crippen molar-refractivity contribution in [2.45, 2.75) is 58.1 Å². The second-order valence-corrected chi connectivity index (χ2v) is 19.8. The summed E-state index contributed by atoms with van der Waals surface area (Å²) in [5.74, 6) is -0.413. The molecule has 0 aromatic heterocycles. The van der Waals surface area contributed by atoms with Crippen molar-refractivity contribution in [1.82, 2.24) is 0 Å². The minimum Gasteiger partial charge on any atom is -0.219 e. The van der Waals surface area contributed by atoms with Crippen LogP contribution in [-0.2, 0) is 19.7 Å². The van der Waals surface area contributed by atoms with E-state index in [9.17, 15) is 16.8 Å². The Kier molecular flexibility index (Phi) is 9.40. The molecule has 49 heavy (non-hydrogen) atoms. The number of fused-ring (bicyclic) bond motifs is 3. The first kappa shape index (κ1) is 34.7. The van der Waals surface area contributed by atoms with Gasteiger partial charge in [0, 0.05) is 11.8 Å². The lowest BCUT2D eigenvalue weighted by Gasteiger charge is -2.35. The average Bonchev–Trinajstić information content (AvgIpc) is 3.13. The van der Waals surface area contributed by atoms with Crippen LogP contribution in [0.1, 0.15) is 60.8 Å². The van der Waals surface area contributed by atoms with Crippen molar-refractivity contribution in [3.05, 3.63) is 178 Å². The van der Waals surface area contributed by atoms with Crippen molar-refractivity contribution in [2.24, 2.45) is 0 Å². The van der Waals surface area contributed by atoms with E-state index >= 15 is 0 Å². The van der Waals surface area contributed by atoms with E-state index in [1.54, 1.807) is 30.3 Å². The van der Waals surface area contributed by atoms with Crippen molar-refractivity contribution in [2.75, 3.05) is 12.5 Å². The number of benzene rings is 4. The highest BCUT2D eigenvalue weighted by molar-refractivity contribution is 8.32. The number of hydrogen-bond acceptors (Lipinski definition) is 4. The molecule has 7 heteroatoms. The molecule has 0 spiro atoms. The summed E-state index contributed by atoms with van der Waals surface area (Å²) in [4.78, 5) is 3.79. The fourth-order valence-corrected chi connectivity index (χ4v) is 12.8. The minimum absolute atomic E-state index is 0.137. The monoisotopic (exact) mass is 706 g/mol. The standard InChI is InChI=1S/C40H36O4S3.C2H6/c1-5-31-35(6-2)46(41,42)36-16-10-7-13-32(36)39(31)27-19-23-29(24-20-27)45(3,4)30-25-21-28(22-26-30)40-33-14-8-11-17-37(33)47(43,44)38-18-12-9-15-34(38)40;1-2/h5-8,10-11,13-26,39-40H,1-2,9,12H2,3-4H3;1-2H3. The third kappa shape index (κ3) is 5.62. The van der Waals surface area contributed by atoms with Gasteiger partial charge in [-0.1, -0.05) is 112 Å². The van der Waals surface area contributed by atoms with Crippen LogP contribution in [0.2, 0.25) is 0 Å². The summed E-state index contributed by atoms with van der Waals surface area (Å²) < 4.78 is 53.8. The molecule has 2 atom stereocenters. The predicted octanol–water partition coefficient (Wildman–Crippen LogP) is 10.3. The molecule has 4 aromatic rings. The molecule has 252 valence electrons. The number of hydrogen-bond donors (Lipinski definition) is 0. The number of sulfone groups is 2. The van der Waals surface area contributed by atoms with E-state index in [1.807, 2.05) is 44.2 Å². The first-order valence-electron chi connectivity index (χ1n) is 16.5. The van der Waals surface area contributed by atoms with Crippen LogP contribution in [-0.4, -0.2) is 29.3 Å². The highest BCUT2D eigenvalue weighted by Gasteiger charge is 2.40. The Labute approximate surface area is 293 Å². The normalized spacial score (nSPS) is 20.6. The van der Waals surface area contributed by atoms with Gasteiger partial charge < -0.3 is 0 Å². The van der Waals surface area contributed by atoms with Gasteiger partial charge in [0.05, 0.1) is 19.6 Å². The minimum atomic E-state index is -3.69. The Morgan fingerprint density at radius 1 is 0.612 bits per heavy atom. The number of rotatable bonds is 6. The second kappa shape index (κ2) is 13.3. The van der Waals surface area contributed by atoms with E-state index in [0.29, 0.717) is 20.3 Å². The predicted molar refractivity (Wildman–Crippen MR) is 204 cm³/mol. The van der Waals surface area contributed by atoms with Gasteiger partial charge in [0.15, 0.2) is 0 Å². The maximum Gasteiger partial charge on any atom is 0.207 e. The Bertz CT molecular complexity index is 2270. The molecule has 3 aliphatic rings. The van der Waals surface area contributed by atoms with Crippen molar-refractivity contribution in [3.8, 4) is 0 Å². The van der Waals surface area contributed by atoms with Crippen molar-refractivity contribution in [1.29, 1.82) is 0 Å². The van der Waals surface area contributed by atoms with Crippen LogP contribution in [0.3, 0.4) is 0 Å². The van der Waals surface area contributed by atoms with Crippen LogP contribution in [0.5, 0.6) is 0 Å². The zero-order valence-corrected chi connectivity index (χ0v) is 30.8. The molecule has 2 unspecified atom stereocenters. The first-order chi connectivity index (χ1) is 23.5. The molecule has 0 N–H and O–H groups in total. The molecule has 4 aromatic carbocycles. The average molecular weight is 707 g/mol. The van der Waals surface area contributed by atoms with E-state index in [0.717, 1.165) is 40.7 Å². The van der Waals surface area contributed by atoms with Crippen molar-refractivity contribution < 1.29 is 16.8 Å². The summed E-state index contributed by atoms with van der Waals surface area (Å²) >= 11 is 0. The molecular weight excluding hydrogens is 665 g/mol. The van der Waals surface area contributed by atoms with E-state index < -0.39 is 29.7 Å². The van der Waals surface area contributed by atoms with Gasteiger partial charge in [-0.25, -0.2) is 16.8 Å². The lowest BCUT2D eigenvalue weighted by molar-refractivity contribution is 0.596. The smallest absolute Gasteiger partial charge is 0.207 e. The Morgan fingerprint density at radius 2 is 1.08 bits per heavy atom. The van der Waals surface area contributed by atoms with E-state index in [-0.39, 0.29) is 16.7 Å². The van der Waals surface area contributed by atoms with Crippen LogP contribution in [0.4, 0.5) is 0 Å². The Balaban J connectivity index is 0.00000205. The van der Waals surface area contributed by atoms with Crippen molar-refractivity contribution >= 4 is 29.7 Å². The van der Waals surface area contributed by atoms with Crippen LogP contribution < -0.4 is 0 Å². The summed E-state index contributed by atoms with van der Waals surface area (Å²) in [7, 11) is -8.64. The SMILES string of the molecule is C=CC1=C(C=C)S(=O)(=O)c2ccccc2C1c1ccc(S(C)(C)c2ccc(C3C4=CCCC=C4S(=O)(=O)c4ccccc43)cc2)cc1.CC. The topological polar surface area (TPSA) is 68.3 Å². The van der Waals surface area contributed by atoms with Gasteiger partial charge in [-0.2, -0.15) is 10.0 Å². The van der Waals surface area contributed by atoms with Gasteiger partial charge in [0.1, 0.15) is 0 Å². The molecular formula is C42H42O4S3. The summed E-state index contributed by atoms with van der Waals surface area (Å²) in [6.45, 7) is 11.8. The molecule has 1 aliphatic carbocycles. The quantitative estimate of drug-likeness (QED) is 0.200. The van der Waals surface area contributed by atoms with Crippen LogP contribution >= 0.6 is 10.0 Å². The highest BCUT2D eigenvalue weighted by Crippen LogP contribution is 2.57. The Hall–Kier alpha value is -4.17. The third-order valence-electron chi connectivity index (χ3n) is 9.68. The number of allylic oxidation sites excluding steroid dienone is 6. The van der Waals surface area contributed by atoms with Crippen LogP contribution in [0, 0.1) is 0 Å². The van der Waals surface area contributed by atoms with Gasteiger partial charge in [-0.3, -0.25) is 0 Å². The maximum absolute atomic E-state index is 13.5. The highest BCUT2D eigenvalue weighted by atomic mass is 32.3. The molecule has 0 saturated heterocycles. The van der Waals surface area contributed by atoms with Crippen LogP contribution in [0.15, 0.2) is 175 Å². The zero-order chi connectivity index (χ0) is 35.1. The van der Waals surface area contributed by atoms with E-state index in [4.69, 9.17) is 0 Å². The second-order valence-electron chi connectivity index (χ2n) is 12.4. The Morgan fingerprint density at radius 3 is 1.61 bits per heavy atom. The summed E-state index contributed by atoms with van der Waals surface area (Å²) in [6, 6.07) is 31.8. The van der Waals surface area contributed by atoms with Gasteiger partial charge in [-0.05, 0) is 105 Å². The van der Waals surface area contributed by atoms with E-state index in [1.165, 1.54) is 15.9 Å². The molecule has 4 nitrogen and oxygen atoms in total. The van der Waals surface area contributed by atoms with Gasteiger partial charge in [-0.15, -0.1) is 0 Å². The van der Waals surface area contributed by atoms with Crippen molar-refractivity contribution in [3.63, 3.8) is 0 Å². The van der Waals surface area contributed by atoms with E-state index in [2.05, 4.69) is 80.3 Å². The zero-order valence-electron chi connectivity index (χ0n) is 28.4. The van der Waals surface area contributed by atoms with Gasteiger partial charge in [0.25, 0.3) is 0 Å². The third-order valence-corrected chi connectivity index (χ3v) is 16.4. The molecule has 0 saturated carbocycles. The van der Waals surface area contributed by atoms with Gasteiger partial charge >= 0.3 is 0 Å². The molecule has 2 heterocycles. The fraction of sp³-hybridized carbons (Fsp3) is 0.190. The summed E-state index contributed by atoms with van der Waals surface area (Å²) in [5, 5.41) is 0. The molecule has 7 rings (SSSR count). The largest absolute Gasteiger partial charge is 0.219 e. The molecule has 2 aliphatic heterocycles. The lowest BCUT2D eigenvalue weighted by atomic mass is 9.82. The fourth-order valence-electron chi connectivity index (χ4n) is 7.29. The summed E-state index contributed by atoms with van der Waals surface area (Å²) in [5.41, 5.74) is 5.16. The first-order valence-corrected chi connectivity index (χ1v) is 21.9.